The zero-order valence-electron chi connectivity index (χ0n) is 5.58. The summed E-state index contributed by atoms with van der Waals surface area (Å²) in [7, 11) is 0. The van der Waals surface area contributed by atoms with Crippen LogP contribution in [0.15, 0.2) is 0 Å². The smallest absolute Gasteiger partial charge is 0.0461 e. The number of aliphatic hydroxyl groups is 2. The van der Waals surface area contributed by atoms with Crippen molar-refractivity contribution in [3.63, 3.8) is 0 Å². The molecule has 2 heteroatoms. The van der Waals surface area contributed by atoms with Crippen LogP contribution in [0.25, 0.3) is 0 Å². The predicted molar refractivity (Wildman–Crippen MR) is 35.0 cm³/mol. The van der Waals surface area contributed by atoms with E-state index in [0.717, 1.165) is 12.8 Å². The highest BCUT2D eigenvalue weighted by atomic mass is 16.3. The van der Waals surface area contributed by atoms with E-state index in [2.05, 4.69) is 0 Å². The van der Waals surface area contributed by atoms with Gasteiger partial charge in [-0.25, -0.2) is 0 Å². The van der Waals surface area contributed by atoms with Crippen LogP contribution in [0.2, 0.25) is 0 Å². The summed E-state index contributed by atoms with van der Waals surface area (Å²) in [5.74, 6) is 1.11. The highest BCUT2D eigenvalue weighted by molar-refractivity contribution is 4.79. The van der Waals surface area contributed by atoms with E-state index >= 15 is 0 Å². The van der Waals surface area contributed by atoms with E-state index in [1.807, 2.05) is 0 Å². The van der Waals surface area contributed by atoms with Crippen LogP contribution in [-0.2, 0) is 0 Å². The van der Waals surface area contributed by atoms with Gasteiger partial charge in [0.1, 0.15) is 0 Å². The Hall–Kier alpha value is -0.0800. The van der Waals surface area contributed by atoms with Gasteiger partial charge in [-0.3, -0.25) is 0 Å². The number of rotatable bonds is 3. The minimum absolute atomic E-state index is 0.279. The highest BCUT2D eigenvalue weighted by Gasteiger charge is 2.28. The molecule has 0 saturated heterocycles. The first-order chi connectivity index (χ1) is 4.38. The highest BCUT2D eigenvalue weighted by Crippen LogP contribution is 2.35. The van der Waals surface area contributed by atoms with Crippen LogP contribution in [0.4, 0.5) is 0 Å². The fraction of sp³-hybridized carbons (Fsp3) is 1.00. The average Bonchev–Trinajstić information content (AvgIpc) is 1.82. The summed E-state index contributed by atoms with van der Waals surface area (Å²) in [6, 6.07) is 0. The summed E-state index contributed by atoms with van der Waals surface area (Å²) >= 11 is 0. The first-order valence-electron chi connectivity index (χ1n) is 3.60. The van der Waals surface area contributed by atoms with Gasteiger partial charge >= 0.3 is 0 Å². The van der Waals surface area contributed by atoms with E-state index in [9.17, 15) is 0 Å². The Balaban J connectivity index is 2.11. The van der Waals surface area contributed by atoms with E-state index in [1.54, 1.807) is 0 Å². The maximum Gasteiger partial charge on any atom is 0.0461 e. The third-order valence-corrected chi connectivity index (χ3v) is 2.31. The average molecular weight is 130 g/mol. The second-order valence-electron chi connectivity index (χ2n) is 2.79. The minimum Gasteiger partial charge on any atom is -0.396 e. The topological polar surface area (TPSA) is 40.5 Å². The van der Waals surface area contributed by atoms with E-state index in [0.29, 0.717) is 18.4 Å². The Labute approximate surface area is 55.5 Å². The second kappa shape index (κ2) is 3.18. The molecule has 1 fully saturated rings. The van der Waals surface area contributed by atoms with E-state index in [4.69, 9.17) is 10.2 Å². The molecule has 0 spiro atoms. The summed E-state index contributed by atoms with van der Waals surface area (Å²) < 4.78 is 0. The lowest BCUT2D eigenvalue weighted by Crippen LogP contribution is -2.29. The lowest BCUT2D eigenvalue weighted by Gasteiger charge is -2.34. The van der Waals surface area contributed by atoms with Crippen molar-refractivity contribution in [3.8, 4) is 0 Å². The van der Waals surface area contributed by atoms with Crippen molar-refractivity contribution in [2.45, 2.75) is 19.3 Å². The van der Waals surface area contributed by atoms with Gasteiger partial charge in [-0.1, -0.05) is 0 Å². The molecule has 1 saturated carbocycles. The van der Waals surface area contributed by atoms with Crippen molar-refractivity contribution >= 4 is 0 Å². The van der Waals surface area contributed by atoms with E-state index in [-0.39, 0.29) is 6.61 Å². The molecule has 9 heavy (non-hydrogen) atoms. The van der Waals surface area contributed by atoms with Crippen molar-refractivity contribution in [3.05, 3.63) is 0 Å². The molecule has 0 bridgehead atoms. The quantitative estimate of drug-likeness (QED) is 0.580. The van der Waals surface area contributed by atoms with Crippen LogP contribution >= 0.6 is 0 Å². The largest absolute Gasteiger partial charge is 0.396 e. The Bertz CT molecular complexity index is 81.0. The lowest BCUT2D eigenvalue weighted by atomic mass is 9.72. The molecule has 2 atom stereocenters. The number of aliphatic hydroxyl groups excluding tert-OH is 2. The van der Waals surface area contributed by atoms with Crippen LogP contribution in [0, 0.1) is 11.8 Å². The molecule has 0 aliphatic heterocycles. The predicted octanol–water partition coefficient (Wildman–Crippen LogP) is 0.387. The number of hydrogen-bond acceptors (Lipinski definition) is 2. The standard InChI is InChI=1S/C7H14O2/c8-4-3-6-1-2-7(6)5-9/h6-9H,1-5H2/t6-,7-/m0/s1. The monoisotopic (exact) mass is 130 g/mol. The summed E-state index contributed by atoms with van der Waals surface area (Å²) in [6.07, 6.45) is 3.23. The van der Waals surface area contributed by atoms with Gasteiger partial charge in [0.15, 0.2) is 0 Å². The Morgan fingerprint density at radius 3 is 2.11 bits per heavy atom. The molecule has 0 aromatic carbocycles. The molecular formula is C7H14O2. The maximum absolute atomic E-state index is 8.70. The van der Waals surface area contributed by atoms with Gasteiger partial charge in [0.25, 0.3) is 0 Å². The molecule has 54 valence electrons. The Morgan fingerprint density at radius 1 is 1.11 bits per heavy atom. The van der Waals surface area contributed by atoms with Gasteiger partial charge in [0, 0.05) is 13.2 Å². The Morgan fingerprint density at radius 2 is 1.78 bits per heavy atom. The van der Waals surface area contributed by atoms with Crippen molar-refractivity contribution in [2.24, 2.45) is 11.8 Å². The van der Waals surface area contributed by atoms with Crippen LogP contribution in [-0.4, -0.2) is 23.4 Å². The molecule has 0 heterocycles. The van der Waals surface area contributed by atoms with E-state index < -0.39 is 0 Å². The van der Waals surface area contributed by atoms with Gasteiger partial charge in [0.2, 0.25) is 0 Å². The molecule has 0 unspecified atom stereocenters. The molecule has 2 nitrogen and oxygen atoms in total. The normalized spacial score (nSPS) is 34.0. The summed E-state index contributed by atoms with van der Waals surface area (Å²) in [4.78, 5) is 0. The zero-order valence-corrected chi connectivity index (χ0v) is 5.58. The SMILES string of the molecule is OCC[C@@H]1CC[C@H]1CO. The molecule has 2 N–H and O–H groups in total. The summed E-state index contributed by atoms with van der Waals surface area (Å²) in [5.41, 5.74) is 0. The van der Waals surface area contributed by atoms with Gasteiger partial charge in [-0.15, -0.1) is 0 Å². The molecule has 0 amide bonds. The maximum atomic E-state index is 8.70. The summed E-state index contributed by atoms with van der Waals surface area (Å²) in [6.45, 7) is 0.589. The van der Waals surface area contributed by atoms with Gasteiger partial charge in [0.05, 0.1) is 0 Å². The van der Waals surface area contributed by atoms with Crippen LogP contribution in [0.3, 0.4) is 0 Å². The molecule has 1 rings (SSSR count). The first kappa shape index (κ1) is 7.03. The van der Waals surface area contributed by atoms with Crippen molar-refractivity contribution in [1.82, 2.24) is 0 Å². The third-order valence-electron chi connectivity index (χ3n) is 2.31. The first-order valence-corrected chi connectivity index (χ1v) is 3.60. The third kappa shape index (κ3) is 1.43. The van der Waals surface area contributed by atoms with Crippen molar-refractivity contribution in [2.75, 3.05) is 13.2 Å². The fourth-order valence-electron chi connectivity index (χ4n) is 1.42. The summed E-state index contributed by atoms with van der Waals surface area (Å²) in [5, 5.41) is 17.2. The molecular weight excluding hydrogens is 116 g/mol. The Kier molecular flexibility index (Phi) is 2.49. The lowest BCUT2D eigenvalue weighted by molar-refractivity contribution is 0.0710. The molecule has 1 aliphatic carbocycles. The molecule has 0 aromatic heterocycles. The van der Waals surface area contributed by atoms with Gasteiger partial charge < -0.3 is 10.2 Å². The van der Waals surface area contributed by atoms with Gasteiger partial charge in [-0.05, 0) is 31.1 Å². The van der Waals surface area contributed by atoms with Crippen LogP contribution in [0.1, 0.15) is 19.3 Å². The van der Waals surface area contributed by atoms with Crippen LogP contribution < -0.4 is 0 Å². The van der Waals surface area contributed by atoms with Crippen molar-refractivity contribution < 1.29 is 10.2 Å². The second-order valence-corrected chi connectivity index (χ2v) is 2.79. The van der Waals surface area contributed by atoms with Gasteiger partial charge in [-0.2, -0.15) is 0 Å². The zero-order chi connectivity index (χ0) is 6.69. The fourth-order valence-corrected chi connectivity index (χ4v) is 1.42. The molecule has 1 aliphatic rings. The number of hydrogen-bond donors (Lipinski definition) is 2. The molecule has 0 radical (unpaired) electrons. The van der Waals surface area contributed by atoms with Crippen LogP contribution in [0.5, 0.6) is 0 Å². The molecule has 0 aromatic rings. The van der Waals surface area contributed by atoms with E-state index in [1.165, 1.54) is 6.42 Å². The minimum atomic E-state index is 0.279. The van der Waals surface area contributed by atoms with Crippen molar-refractivity contribution in [1.29, 1.82) is 0 Å².